The number of aromatic hydroxyl groups is 1. The summed E-state index contributed by atoms with van der Waals surface area (Å²) in [4.78, 5) is 28.9. The summed E-state index contributed by atoms with van der Waals surface area (Å²) < 4.78 is 0. The molecule has 0 fully saturated rings. The molecule has 7 heteroatoms. The van der Waals surface area contributed by atoms with Crippen molar-refractivity contribution in [3.05, 3.63) is 118 Å². The van der Waals surface area contributed by atoms with Crippen molar-refractivity contribution in [3.63, 3.8) is 0 Å². The van der Waals surface area contributed by atoms with E-state index in [1.807, 2.05) is 79.5 Å². The molecular formula is C31H24N4O3. The van der Waals surface area contributed by atoms with Gasteiger partial charge in [0.15, 0.2) is 11.6 Å². The molecular weight excluding hydrogens is 476 g/mol. The first-order valence-electron chi connectivity index (χ1n) is 12.3. The van der Waals surface area contributed by atoms with E-state index in [9.17, 15) is 14.7 Å². The van der Waals surface area contributed by atoms with Gasteiger partial charge in [-0.2, -0.15) is 0 Å². The molecule has 1 N–H and O–H groups in total. The summed E-state index contributed by atoms with van der Waals surface area (Å²) in [5.41, 5.74) is 6.55. The number of benzene rings is 4. The SMILES string of the molecule is Cc1cc(CN(C)c2ccc(C=C3C(=O)c4ccccc4C3=O)cc2)c(O)c(-n2nc3ccccc3n2)c1. The topological polar surface area (TPSA) is 88.3 Å². The molecule has 0 saturated carbocycles. The van der Waals surface area contributed by atoms with Gasteiger partial charge in [-0.05, 0) is 54.5 Å². The predicted octanol–water partition coefficient (Wildman–Crippen LogP) is 5.53. The van der Waals surface area contributed by atoms with Gasteiger partial charge in [0.2, 0.25) is 0 Å². The highest BCUT2D eigenvalue weighted by molar-refractivity contribution is 6.41. The van der Waals surface area contributed by atoms with E-state index < -0.39 is 0 Å². The fourth-order valence-corrected chi connectivity index (χ4v) is 4.82. The van der Waals surface area contributed by atoms with Crippen molar-refractivity contribution in [1.29, 1.82) is 0 Å². The summed E-state index contributed by atoms with van der Waals surface area (Å²) in [6.07, 6.45) is 1.65. The number of aryl methyl sites for hydroxylation is 1. The largest absolute Gasteiger partial charge is 0.505 e. The molecule has 0 aliphatic heterocycles. The second-order valence-electron chi connectivity index (χ2n) is 9.48. The Balaban J connectivity index is 1.24. The highest BCUT2D eigenvalue weighted by atomic mass is 16.3. The van der Waals surface area contributed by atoms with Gasteiger partial charge in [-0.3, -0.25) is 9.59 Å². The Kier molecular flexibility index (Phi) is 5.61. The number of allylic oxidation sites excluding steroid dienone is 1. The van der Waals surface area contributed by atoms with Crippen LogP contribution in [0.1, 0.15) is 37.4 Å². The summed E-state index contributed by atoms with van der Waals surface area (Å²) in [5, 5.41) is 20.2. The minimum absolute atomic E-state index is 0.127. The lowest BCUT2D eigenvalue weighted by Gasteiger charge is -2.21. The average molecular weight is 501 g/mol. The molecule has 0 radical (unpaired) electrons. The first-order chi connectivity index (χ1) is 18.4. The summed E-state index contributed by atoms with van der Waals surface area (Å²) in [6.45, 7) is 2.43. The van der Waals surface area contributed by atoms with E-state index in [-0.39, 0.29) is 22.9 Å². The summed E-state index contributed by atoms with van der Waals surface area (Å²) in [7, 11) is 1.94. The van der Waals surface area contributed by atoms with Crippen molar-refractivity contribution in [3.8, 4) is 11.4 Å². The van der Waals surface area contributed by atoms with Crippen LogP contribution in [0, 0.1) is 6.92 Å². The van der Waals surface area contributed by atoms with Crippen LogP contribution in [-0.2, 0) is 6.54 Å². The number of hydrogen-bond acceptors (Lipinski definition) is 6. The number of aromatic nitrogens is 3. The number of nitrogens with zero attached hydrogens (tertiary/aromatic N) is 4. The summed E-state index contributed by atoms with van der Waals surface area (Å²) in [5.74, 6) is -0.351. The zero-order valence-corrected chi connectivity index (χ0v) is 20.9. The summed E-state index contributed by atoms with van der Waals surface area (Å²) >= 11 is 0. The minimum Gasteiger partial charge on any atom is -0.505 e. The van der Waals surface area contributed by atoms with E-state index >= 15 is 0 Å². The highest BCUT2D eigenvalue weighted by Crippen LogP contribution is 2.31. The number of hydrogen-bond donors (Lipinski definition) is 1. The van der Waals surface area contributed by atoms with Crippen LogP contribution in [0.3, 0.4) is 0 Å². The maximum absolute atomic E-state index is 12.7. The normalized spacial score (nSPS) is 12.7. The van der Waals surface area contributed by atoms with Crippen LogP contribution in [0.4, 0.5) is 5.69 Å². The lowest BCUT2D eigenvalue weighted by molar-refractivity contribution is 0.0990. The number of ketones is 2. The van der Waals surface area contributed by atoms with Crippen molar-refractivity contribution >= 4 is 34.4 Å². The van der Waals surface area contributed by atoms with E-state index in [2.05, 4.69) is 10.2 Å². The molecule has 0 atom stereocenters. The van der Waals surface area contributed by atoms with Crippen LogP contribution in [0.15, 0.2) is 90.5 Å². The van der Waals surface area contributed by atoms with Crippen molar-refractivity contribution in [2.45, 2.75) is 13.5 Å². The molecule has 0 bridgehead atoms. The molecule has 0 spiro atoms. The monoisotopic (exact) mass is 500 g/mol. The quantitative estimate of drug-likeness (QED) is 0.252. The van der Waals surface area contributed by atoms with E-state index in [0.29, 0.717) is 23.4 Å². The third-order valence-electron chi connectivity index (χ3n) is 6.77. The van der Waals surface area contributed by atoms with Crippen molar-refractivity contribution in [1.82, 2.24) is 15.0 Å². The van der Waals surface area contributed by atoms with Gasteiger partial charge in [0.25, 0.3) is 0 Å². The number of anilines is 1. The van der Waals surface area contributed by atoms with Crippen LogP contribution in [0.5, 0.6) is 5.75 Å². The second kappa shape index (κ2) is 9.12. The maximum atomic E-state index is 12.7. The first kappa shape index (κ1) is 23.4. The van der Waals surface area contributed by atoms with Crippen LogP contribution in [-0.4, -0.2) is 38.7 Å². The third kappa shape index (κ3) is 4.04. The van der Waals surface area contributed by atoms with Gasteiger partial charge in [-0.25, -0.2) is 0 Å². The van der Waals surface area contributed by atoms with Gasteiger partial charge in [-0.15, -0.1) is 15.0 Å². The molecule has 38 heavy (non-hydrogen) atoms. The number of carbonyl (C=O) groups excluding carboxylic acids is 2. The maximum Gasteiger partial charge on any atom is 0.197 e. The molecule has 1 heterocycles. The number of carbonyl (C=O) groups is 2. The number of Topliss-reactive ketones (excluding diaryl/α,β-unsaturated/α-hetero) is 2. The number of phenols is 1. The van der Waals surface area contributed by atoms with Gasteiger partial charge in [0.1, 0.15) is 22.5 Å². The van der Waals surface area contributed by atoms with Gasteiger partial charge >= 0.3 is 0 Å². The molecule has 1 aliphatic carbocycles. The predicted molar refractivity (Wildman–Crippen MR) is 147 cm³/mol. The molecule has 0 amide bonds. The zero-order chi connectivity index (χ0) is 26.4. The summed E-state index contributed by atoms with van der Waals surface area (Å²) in [6, 6.07) is 25.9. The molecule has 5 aromatic rings. The Hall–Kier alpha value is -5.04. The lowest BCUT2D eigenvalue weighted by atomic mass is 10.1. The van der Waals surface area contributed by atoms with Gasteiger partial charge in [0.05, 0.1) is 5.57 Å². The van der Waals surface area contributed by atoms with E-state index in [1.165, 1.54) is 4.80 Å². The standard InChI is InChI=1S/C31H24N4O3/c1-19-15-21(29(36)28(16-19)35-32-26-9-5-6-10-27(26)33-35)18-34(2)22-13-11-20(12-14-22)17-25-30(37)23-7-3-4-8-24(23)31(25)38/h3-17,36H,18H2,1-2H3. The molecule has 6 rings (SSSR count). The van der Waals surface area contributed by atoms with Gasteiger partial charge < -0.3 is 10.0 Å². The molecule has 1 aliphatic rings. The Morgan fingerprint density at radius 2 is 1.42 bits per heavy atom. The Labute approximate surface area is 219 Å². The average Bonchev–Trinajstić information content (AvgIpc) is 3.46. The molecule has 1 aromatic heterocycles. The van der Waals surface area contributed by atoms with E-state index in [0.717, 1.165) is 33.4 Å². The number of fused-ring (bicyclic) bond motifs is 2. The third-order valence-corrected chi connectivity index (χ3v) is 6.77. The Morgan fingerprint density at radius 3 is 2.03 bits per heavy atom. The number of phenolic OH excluding ortho intramolecular Hbond substituents is 1. The van der Waals surface area contributed by atoms with Crippen LogP contribution >= 0.6 is 0 Å². The minimum atomic E-state index is -0.239. The van der Waals surface area contributed by atoms with Crippen LogP contribution < -0.4 is 4.90 Å². The lowest BCUT2D eigenvalue weighted by Crippen LogP contribution is -2.17. The van der Waals surface area contributed by atoms with Crippen LogP contribution in [0.25, 0.3) is 22.8 Å². The van der Waals surface area contributed by atoms with E-state index in [4.69, 9.17) is 0 Å². The van der Waals surface area contributed by atoms with Crippen molar-refractivity contribution < 1.29 is 14.7 Å². The molecule has 186 valence electrons. The Morgan fingerprint density at radius 1 is 0.842 bits per heavy atom. The van der Waals surface area contributed by atoms with Gasteiger partial charge in [0, 0.05) is 36.0 Å². The smallest absolute Gasteiger partial charge is 0.197 e. The van der Waals surface area contributed by atoms with E-state index in [1.54, 1.807) is 30.3 Å². The van der Waals surface area contributed by atoms with Gasteiger partial charge in [-0.1, -0.05) is 54.6 Å². The van der Waals surface area contributed by atoms with Crippen molar-refractivity contribution in [2.24, 2.45) is 0 Å². The molecule has 4 aromatic carbocycles. The fraction of sp³-hybridized carbons (Fsp3) is 0.0968. The first-order valence-corrected chi connectivity index (χ1v) is 12.3. The van der Waals surface area contributed by atoms with Crippen LogP contribution in [0.2, 0.25) is 0 Å². The van der Waals surface area contributed by atoms with Crippen molar-refractivity contribution in [2.75, 3.05) is 11.9 Å². The molecule has 0 saturated heterocycles. The fourth-order valence-electron chi connectivity index (χ4n) is 4.82. The number of rotatable bonds is 5. The zero-order valence-electron chi connectivity index (χ0n) is 20.9. The molecule has 7 nitrogen and oxygen atoms in total. The highest BCUT2D eigenvalue weighted by Gasteiger charge is 2.32. The second-order valence-corrected chi connectivity index (χ2v) is 9.48. The molecule has 0 unspecified atom stereocenters. The Bertz CT molecular complexity index is 1700.